The molecule has 124 valence electrons. The number of carbonyl (C=O) groups excluding carboxylic acids is 1. The zero-order valence-electron chi connectivity index (χ0n) is 13.4. The monoisotopic (exact) mass is 371 g/mol. The molecule has 0 aliphatic rings. The Bertz CT molecular complexity index is 689. The molecule has 2 aromatic heterocycles. The topological polar surface area (TPSA) is 69.2 Å². The molecule has 8 heteroatoms. The number of amides is 1. The first-order valence-corrected chi connectivity index (χ1v) is 9.79. The second-order valence-electron chi connectivity index (χ2n) is 5.82. The number of thiazole rings is 1. The summed E-state index contributed by atoms with van der Waals surface area (Å²) in [5.74, 6) is 0.151. The molecule has 23 heavy (non-hydrogen) atoms. The van der Waals surface area contributed by atoms with Gasteiger partial charge in [-0.05, 0) is 26.0 Å². The maximum absolute atomic E-state index is 12.7. The van der Waals surface area contributed by atoms with Gasteiger partial charge in [0.25, 0.3) is 0 Å². The fourth-order valence-electron chi connectivity index (χ4n) is 2.23. The van der Waals surface area contributed by atoms with Crippen molar-refractivity contribution in [2.24, 2.45) is 5.41 Å². The third kappa shape index (κ3) is 4.23. The van der Waals surface area contributed by atoms with Crippen LogP contribution in [0.25, 0.3) is 10.6 Å². The Balaban J connectivity index is 2.28. The smallest absolute Gasteiger partial charge is 0.237 e. The fraction of sp³-hybridized carbons (Fsp3) is 0.400. The van der Waals surface area contributed by atoms with Crippen LogP contribution >= 0.6 is 22.9 Å². The fourth-order valence-corrected chi connectivity index (χ4v) is 4.65. The van der Waals surface area contributed by atoms with Gasteiger partial charge in [0, 0.05) is 25.0 Å². The first-order valence-electron chi connectivity index (χ1n) is 6.87. The largest absolute Gasteiger partial charge is 0.617 e. The lowest BCUT2D eigenvalue weighted by molar-refractivity contribution is -0.125. The van der Waals surface area contributed by atoms with Crippen molar-refractivity contribution in [3.63, 3.8) is 0 Å². The standard InChI is InChI=1S/C15H18ClN3O2S2/c1-15(2,9-23(4)21)14(20)19(3)13-11(16)18-12(22-13)10-6-5-7-17-8-10/h5-8H,9H2,1-4H3. The normalized spacial score (nSPS) is 13.0. The van der Waals surface area contributed by atoms with Gasteiger partial charge in [0.1, 0.15) is 15.8 Å². The van der Waals surface area contributed by atoms with Crippen LogP contribution in [0, 0.1) is 5.41 Å². The highest BCUT2D eigenvalue weighted by Gasteiger charge is 2.36. The van der Waals surface area contributed by atoms with E-state index in [0.29, 0.717) is 15.8 Å². The van der Waals surface area contributed by atoms with E-state index < -0.39 is 16.6 Å². The summed E-state index contributed by atoms with van der Waals surface area (Å²) in [5, 5.41) is 1.55. The molecule has 0 fully saturated rings. The molecule has 0 aliphatic carbocycles. The molecule has 0 saturated carbocycles. The van der Waals surface area contributed by atoms with E-state index in [4.69, 9.17) is 11.6 Å². The predicted octanol–water partition coefficient (Wildman–Crippen LogP) is 3.23. The third-order valence-corrected chi connectivity index (χ3v) is 5.92. The Morgan fingerprint density at radius 2 is 2.22 bits per heavy atom. The maximum atomic E-state index is 12.7. The first kappa shape index (κ1) is 18.2. The second kappa shape index (κ2) is 7.17. The van der Waals surface area contributed by atoms with Gasteiger partial charge in [-0.15, -0.1) is 0 Å². The van der Waals surface area contributed by atoms with Gasteiger partial charge >= 0.3 is 0 Å². The predicted molar refractivity (Wildman–Crippen MR) is 96.5 cm³/mol. The molecule has 1 unspecified atom stereocenters. The molecule has 0 N–H and O–H groups in total. The zero-order valence-corrected chi connectivity index (χ0v) is 15.8. The molecule has 1 amide bonds. The van der Waals surface area contributed by atoms with Gasteiger partial charge in [-0.2, -0.15) is 0 Å². The van der Waals surface area contributed by atoms with E-state index in [1.54, 1.807) is 39.5 Å². The van der Waals surface area contributed by atoms with Crippen molar-refractivity contribution in [3.8, 4) is 10.6 Å². The number of pyridine rings is 1. The van der Waals surface area contributed by atoms with Crippen molar-refractivity contribution in [2.75, 3.05) is 24.0 Å². The van der Waals surface area contributed by atoms with Gasteiger partial charge in [0.15, 0.2) is 5.15 Å². The number of hydrogen-bond donors (Lipinski definition) is 0. The summed E-state index contributed by atoms with van der Waals surface area (Å²) in [5.41, 5.74) is 0.108. The Hall–Kier alpha value is -1.15. The Morgan fingerprint density at radius 3 is 2.78 bits per heavy atom. The van der Waals surface area contributed by atoms with Crippen molar-refractivity contribution in [2.45, 2.75) is 13.8 Å². The summed E-state index contributed by atoms with van der Waals surface area (Å²) in [6.45, 7) is 3.56. The highest BCUT2D eigenvalue weighted by molar-refractivity contribution is 7.90. The van der Waals surface area contributed by atoms with Crippen molar-refractivity contribution in [1.29, 1.82) is 0 Å². The van der Waals surface area contributed by atoms with Crippen LogP contribution in [0.5, 0.6) is 0 Å². The highest BCUT2D eigenvalue weighted by Crippen LogP contribution is 2.38. The van der Waals surface area contributed by atoms with Gasteiger partial charge in [-0.1, -0.05) is 34.1 Å². The van der Waals surface area contributed by atoms with Crippen LogP contribution in [0.3, 0.4) is 0 Å². The van der Waals surface area contributed by atoms with Gasteiger partial charge in [-0.25, -0.2) is 4.98 Å². The van der Waals surface area contributed by atoms with Crippen LogP contribution in [0.1, 0.15) is 13.8 Å². The van der Waals surface area contributed by atoms with Crippen LogP contribution in [-0.4, -0.2) is 39.5 Å². The molecule has 5 nitrogen and oxygen atoms in total. The number of aromatic nitrogens is 2. The molecule has 0 aliphatic heterocycles. The average Bonchev–Trinajstić information content (AvgIpc) is 2.87. The minimum Gasteiger partial charge on any atom is -0.617 e. The van der Waals surface area contributed by atoms with Gasteiger partial charge in [-0.3, -0.25) is 9.78 Å². The third-order valence-electron chi connectivity index (χ3n) is 3.23. The quantitative estimate of drug-likeness (QED) is 0.756. The van der Waals surface area contributed by atoms with Gasteiger partial charge in [0.2, 0.25) is 5.91 Å². The van der Waals surface area contributed by atoms with Crippen LogP contribution in [0.15, 0.2) is 24.5 Å². The van der Waals surface area contributed by atoms with E-state index in [1.807, 2.05) is 12.1 Å². The molecular formula is C15H18ClN3O2S2. The minimum absolute atomic E-state index is 0.143. The summed E-state index contributed by atoms with van der Waals surface area (Å²) in [4.78, 5) is 22.6. The summed E-state index contributed by atoms with van der Waals surface area (Å²) in [6, 6.07) is 3.71. The van der Waals surface area contributed by atoms with E-state index in [1.165, 1.54) is 16.2 Å². The summed E-state index contributed by atoms with van der Waals surface area (Å²) >= 11 is 6.49. The molecule has 0 spiro atoms. The number of carbonyl (C=O) groups is 1. The summed E-state index contributed by atoms with van der Waals surface area (Å²) < 4.78 is 11.5. The lowest BCUT2D eigenvalue weighted by Gasteiger charge is -2.28. The zero-order chi connectivity index (χ0) is 17.2. The van der Waals surface area contributed by atoms with Crippen molar-refractivity contribution in [3.05, 3.63) is 29.7 Å². The molecule has 2 rings (SSSR count). The SMILES string of the molecule is CN(C(=O)C(C)(C)C[S+](C)[O-])c1sc(-c2cccnc2)nc1Cl. The molecule has 0 saturated heterocycles. The Kier molecular flexibility index (Phi) is 5.67. The van der Waals surface area contributed by atoms with Gasteiger partial charge in [0.05, 0.1) is 11.7 Å². The summed E-state index contributed by atoms with van der Waals surface area (Å²) in [6.07, 6.45) is 4.98. The number of hydrogen-bond acceptors (Lipinski definition) is 5. The van der Waals surface area contributed by atoms with Crippen LogP contribution < -0.4 is 4.90 Å². The van der Waals surface area contributed by atoms with Crippen molar-refractivity contribution >= 4 is 45.0 Å². The molecule has 0 aromatic carbocycles. The van der Waals surface area contributed by atoms with Crippen LogP contribution in [0.4, 0.5) is 5.00 Å². The molecule has 2 aromatic rings. The lowest BCUT2D eigenvalue weighted by Crippen LogP contribution is -2.42. The molecule has 0 bridgehead atoms. The second-order valence-corrected chi connectivity index (χ2v) is 8.59. The lowest BCUT2D eigenvalue weighted by atomic mass is 9.94. The van der Waals surface area contributed by atoms with Crippen molar-refractivity contribution < 1.29 is 9.35 Å². The van der Waals surface area contributed by atoms with E-state index in [-0.39, 0.29) is 11.1 Å². The Morgan fingerprint density at radius 1 is 1.52 bits per heavy atom. The van der Waals surface area contributed by atoms with Crippen molar-refractivity contribution in [1.82, 2.24) is 9.97 Å². The summed E-state index contributed by atoms with van der Waals surface area (Å²) in [7, 11) is 1.66. The number of rotatable bonds is 5. The average molecular weight is 372 g/mol. The maximum Gasteiger partial charge on any atom is 0.237 e. The van der Waals surface area contributed by atoms with Gasteiger partial charge < -0.3 is 9.45 Å². The van der Waals surface area contributed by atoms with E-state index in [9.17, 15) is 9.35 Å². The Labute approximate surface area is 147 Å². The number of nitrogens with zero attached hydrogens (tertiary/aromatic N) is 3. The highest BCUT2D eigenvalue weighted by atomic mass is 35.5. The minimum atomic E-state index is -1.06. The van der Waals surface area contributed by atoms with Crippen LogP contribution in [-0.2, 0) is 16.0 Å². The van der Waals surface area contributed by atoms with Crippen LogP contribution in [0.2, 0.25) is 5.15 Å². The van der Waals surface area contributed by atoms with E-state index in [2.05, 4.69) is 9.97 Å². The van der Waals surface area contributed by atoms with E-state index in [0.717, 1.165) is 5.56 Å². The number of halogens is 1. The molecular weight excluding hydrogens is 354 g/mol. The molecule has 0 radical (unpaired) electrons. The number of anilines is 1. The first-order chi connectivity index (χ1) is 10.7. The molecule has 1 atom stereocenters. The molecule has 2 heterocycles. The van der Waals surface area contributed by atoms with E-state index >= 15 is 0 Å².